The first-order chi connectivity index (χ1) is 11.3. The van der Waals surface area contributed by atoms with E-state index >= 15 is 0 Å². The maximum atomic E-state index is 12.2. The molecule has 1 N–H and O–H groups in total. The highest BCUT2D eigenvalue weighted by Gasteiger charge is 2.28. The average Bonchev–Trinajstić information content (AvgIpc) is 2.99. The minimum atomic E-state index is -4.46. The summed E-state index contributed by atoms with van der Waals surface area (Å²) < 4.78 is 46.2. The van der Waals surface area contributed by atoms with E-state index in [9.17, 15) is 13.2 Å². The highest BCUT2D eigenvalue weighted by Crippen LogP contribution is 2.25. The molecule has 1 aromatic heterocycles. The van der Waals surface area contributed by atoms with Crippen molar-refractivity contribution in [1.82, 2.24) is 10.1 Å². The fourth-order valence-corrected chi connectivity index (χ4v) is 1.76. The molecular weight excluding hydrogens is 325 g/mol. The third-order valence-corrected chi connectivity index (χ3v) is 2.94. The molecule has 9 heteroatoms. The number of nitrogens with zero attached hydrogens (tertiary/aromatic N) is 3. The van der Waals surface area contributed by atoms with Gasteiger partial charge in [-0.3, -0.25) is 0 Å². The predicted molar refractivity (Wildman–Crippen MR) is 78.4 cm³/mol. The molecule has 0 aliphatic heterocycles. The third-order valence-electron chi connectivity index (χ3n) is 2.94. The summed E-state index contributed by atoms with van der Waals surface area (Å²) in [6.45, 7) is 2.64. The van der Waals surface area contributed by atoms with Crippen LogP contribution >= 0.6 is 0 Å². The molecule has 0 saturated carbocycles. The molecule has 0 spiro atoms. The van der Waals surface area contributed by atoms with Crippen molar-refractivity contribution >= 4 is 5.69 Å². The molecule has 0 fully saturated rings. The summed E-state index contributed by atoms with van der Waals surface area (Å²) in [5.41, 5.74) is 0.521. The number of hydrogen-bond donors (Lipinski definition) is 1. The van der Waals surface area contributed by atoms with Gasteiger partial charge in [0.1, 0.15) is 11.8 Å². The van der Waals surface area contributed by atoms with Crippen molar-refractivity contribution in [3.63, 3.8) is 0 Å². The lowest BCUT2D eigenvalue weighted by Crippen LogP contribution is -2.19. The minimum Gasteiger partial charge on any atom is -0.483 e. The lowest BCUT2D eigenvalue weighted by Gasteiger charge is -2.11. The van der Waals surface area contributed by atoms with Crippen LogP contribution in [0.25, 0.3) is 0 Å². The molecule has 0 saturated heterocycles. The van der Waals surface area contributed by atoms with E-state index in [0.717, 1.165) is 0 Å². The number of hydrogen-bond acceptors (Lipinski definition) is 6. The number of anilines is 1. The van der Waals surface area contributed by atoms with E-state index in [1.54, 1.807) is 6.07 Å². The zero-order chi connectivity index (χ0) is 17.7. The van der Waals surface area contributed by atoms with Crippen LogP contribution in [0.5, 0.6) is 5.75 Å². The molecule has 0 aliphatic carbocycles. The van der Waals surface area contributed by atoms with Crippen LogP contribution in [-0.2, 0) is 6.54 Å². The quantitative estimate of drug-likeness (QED) is 0.865. The molecule has 0 amide bonds. The smallest absolute Gasteiger partial charge is 0.422 e. The SMILES string of the molecule is CC(C)c1noc(CNc2ccc(OCC(F)(F)F)c(C#N)c2)n1. The summed E-state index contributed by atoms with van der Waals surface area (Å²) in [5, 5.41) is 15.8. The van der Waals surface area contributed by atoms with E-state index in [-0.39, 0.29) is 23.8 Å². The molecule has 0 atom stereocenters. The fourth-order valence-electron chi connectivity index (χ4n) is 1.76. The first-order valence-corrected chi connectivity index (χ1v) is 7.08. The van der Waals surface area contributed by atoms with E-state index in [0.29, 0.717) is 17.4 Å². The highest BCUT2D eigenvalue weighted by atomic mass is 19.4. The van der Waals surface area contributed by atoms with Gasteiger partial charge in [0.2, 0.25) is 5.89 Å². The van der Waals surface area contributed by atoms with Gasteiger partial charge in [0.25, 0.3) is 0 Å². The molecule has 1 aromatic carbocycles. The molecule has 0 bridgehead atoms. The first-order valence-electron chi connectivity index (χ1n) is 7.08. The zero-order valence-corrected chi connectivity index (χ0v) is 13.0. The third kappa shape index (κ3) is 4.87. The van der Waals surface area contributed by atoms with Crippen molar-refractivity contribution in [2.24, 2.45) is 0 Å². The van der Waals surface area contributed by atoms with Crippen molar-refractivity contribution in [1.29, 1.82) is 5.26 Å². The van der Waals surface area contributed by atoms with Gasteiger partial charge >= 0.3 is 6.18 Å². The Labute approximate surface area is 136 Å². The van der Waals surface area contributed by atoms with Gasteiger partial charge in [0, 0.05) is 11.6 Å². The molecule has 0 radical (unpaired) electrons. The van der Waals surface area contributed by atoms with Crippen molar-refractivity contribution in [3.05, 3.63) is 35.5 Å². The van der Waals surface area contributed by atoms with Gasteiger partial charge < -0.3 is 14.6 Å². The van der Waals surface area contributed by atoms with Crippen LogP contribution in [0.15, 0.2) is 22.7 Å². The highest BCUT2D eigenvalue weighted by molar-refractivity contribution is 5.55. The van der Waals surface area contributed by atoms with Crippen molar-refractivity contribution in [2.75, 3.05) is 11.9 Å². The van der Waals surface area contributed by atoms with Gasteiger partial charge in [-0.15, -0.1) is 0 Å². The zero-order valence-electron chi connectivity index (χ0n) is 13.0. The van der Waals surface area contributed by atoms with Gasteiger partial charge in [0.05, 0.1) is 12.1 Å². The second-order valence-corrected chi connectivity index (χ2v) is 5.28. The van der Waals surface area contributed by atoms with Crippen LogP contribution < -0.4 is 10.1 Å². The maximum absolute atomic E-state index is 12.2. The topological polar surface area (TPSA) is 84.0 Å². The van der Waals surface area contributed by atoms with Crippen LogP contribution in [0, 0.1) is 11.3 Å². The van der Waals surface area contributed by atoms with E-state index in [1.807, 2.05) is 13.8 Å². The van der Waals surface area contributed by atoms with Crippen LogP contribution in [0.1, 0.15) is 37.0 Å². The molecule has 24 heavy (non-hydrogen) atoms. The van der Waals surface area contributed by atoms with Crippen LogP contribution in [0.2, 0.25) is 0 Å². The Morgan fingerprint density at radius 2 is 2.12 bits per heavy atom. The predicted octanol–water partition coefficient (Wildman–Crippen LogP) is 3.62. The van der Waals surface area contributed by atoms with E-state index in [4.69, 9.17) is 9.78 Å². The Morgan fingerprint density at radius 1 is 1.38 bits per heavy atom. The van der Waals surface area contributed by atoms with Crippen LogP contribution in [-0.4, -0.2) is 22.9 Å². The molecular formula is C15H15F3N4O2. The summed E-state index contributed by atoms with van der Waals surface area (Å²) in [6, 6.07) is 6.01. The van der Waals surface area contributed by atoms with Crippen molar-refractivity contribution in [2.45, 2.75) is 32.5 Å². The molecule has 6 nitrogen and oxygen atoms in total. The standard InChI is InChI=1S/C15H15F3N4O2/c1-9(2)14-21-13(24-22-14)7-20-11-3-4-12(10(5-11)6-19)23-8-15(16,17)18/h3-5,9,20H,7-8H2,1-2H3. The largest absolute Gasteiger partial charge is 0.483 e. The molecule has 2 rings (SSSR count). The Kier molecular flexibility index (Phi) is 5.28. The monoisotopic (exact) mass is 340 g/mol. The van der Waals surface area contributed by atoms with E-state index in [1.165, 1.54) is 18.2 Å². The number of nitriles is 1. The number of halogens is 3. The number of alkyl halides is 3. The summed E-state index contributed by atoms with van der Waals surface area (Å²) >= 11 is 0. The number of nitrogens with one attached hydrogen (secondary N) is 1. The number of aromatic nitrogens is 2. The van der Waals surface area contributed by atoms with Gasteiger partial charge in [0.15, 0.2) is 12.4 Å². The normalized spacial score (nSPS) is 11.4. The van der Waals surface area contributed by atoms with Gasteiger partial charge in [-0.25, -0.2) is 0 Å². The summed E-state index contributed by atoms with van der Waals surface area (Å²) in [4.78, 5) is 4.19. The van der Waals surface area contributed by atoms with Crippen LogP contribution in [0.3, 0.4) is 0 Å². The number of benzene rings is 1. The van der Waals surface area contributed by atoms with Gasteiger partial charge in [-0.05, 0) is 18.2 Å². The fraction of sp³-hybridized carbons (Fsp3) is 0.400. The van der Waals surface area contributed by atoms with E-state index < -0.39 is 12.8 Å². The molecule has 2 aromatic rings. The molecule has 1 heterocycles. The minimum absolute atomic E-state index is 0.00218. The summed E-state index contributed by atoms with van der Waals surface area (Å²) in [7, 11) is 0. The number of ether oxygens (including phenoxy) is 1. The van der Waals surface area contributed by atoms with Gasteiger partial charge in [-0.1, -0.05) is 19.0 Å². The van der Waals surface area contributed by atoms with Gasteiger partial charge in [-0.2, -0.15) is 23.4 Å². The Balaban J connectivity index is 2.02. The molecule has 0 aliphatic rings. The van der Waals surface area contributed by atoms with Crippen LogP contribution in [0.4, 0.5) is 18.9 Å². The lowest BCUT2D eigenvalue weighted by atomic mass is 10.2. The second kappa shape index (κ2) is 7.21. The molecule has 128 valence electrons. The Morgan fingerprint density at radius 3 is 2.71 bits per heavy atom. The summed E-state index contributed by atoms with van der Waals surface area (Å²) in [5.74, 6) is 0.966. The second-order valence-electron chi connectivity index (χ2n) is 5.28. The molecule has 0 unspecified atom stereocenters. The first kappa shape index (κ1) is 17.6. The van der Waals surface area contributed by atoms with Crippen molar-refractivity contribution in [3.8, 4) is 11.8 Å². The maximum Gasteiger partial charge on any atom is 0.422 e. The number of rotatable bonds is 6. The summed E-state index contributed by atoms with van der Waals surface area (Å²) in [6.07, 6.45) is -4.46. The Bertz CT molecular complexity index is 735. The van der Waals surface area contributed by atoms with Crippen molar-refractivity contribution < 1.29 is 22.4 Å². The lowest BCUT2D eigenvalue weighted by molar-refractivity contribution is -0.153. The van der Waals surface area contributed by atoms with E-state index in [2.05, 4.69) is 20.2 Å². The average molecular weight is 340 g/mol. The Hall–Kier alpha value is -2.76.